The number of methoxy groups -OCH3 is 2. The number of carbonyl (C=O) groups excluding carboxylic acids is 1. The van der Waals surface area contributed by atoms with E-state index in [0.717, 1.165) is 5.56 Å². The number of aliphatic imine (C=N–C) groups is 1. The molecule has 3 N–H and O–H groups in total. The molecular formula is C31H33Cl2N3O6. The van der Waals surface area contributed by atoms with E-state index in [4.69, 9.17) is 52.2 Å². The van der Waals surface area contributed by atoms with Gasteiger partial charge in [-0.25, -0.2) is 10.4 Å². The van der Waals surface area contributed by atoms with E-state index in [1.54, 1.807) is 68.8 Å². The van der Waals surface area contributed by atoms with Crippen molar-refractivity contribution in [3.8, 4) is 17.2 Å². The first-order valence-corrected chi connectivity index (χ1v) is 14.0. The van der Waals surface area contributed by atoms with Crippen LogP contribution in [0, 0.1) is 0 Å². The smallest absolute Gasteiger partial charge is 0.266 e. The van der Waals surface area contributed by atoms with Crippen molar-refractivity contribution < 1.29 is 28.8 Å². The number of carbonyl (C=O) groups is 1. The van der Waals surface area contributed by atoms with Crippen LogP contribution >= 0.6 is 23.2 Å². The van der Waals surface area contributed by atoms with Crippen molar-refractivity contribution in [2.45, 2.75) is 31.0 Å². The number of hydrogen-bond donors (Lipinski definition) is 3. The van der Waals surface area contributed by atoms with Crippen molar-refractivity contribution in [3.05, 3.63) is 100 Å². The number of aliphatic hydroxyl groups is 1. The zero-order valence-corrected chi connectivity index (χ0v) is 24.9. The van der Waals surface area contributed by atoms with Crippen LogP contribution in [-0.2, 0) is 16.1 Å². The van der Waals surface area contributed by atoms with Crippen molar-refractivity contribution in [2.75, 3.05) is 27.4 Å². The van der Waals surface area contributed by atoms with Crippen molar-refractivity contribution in [3.63, 3.8) is 0 Å². The van der Waals surface area contributed by atoms with E-state index in [2.05, 4.69) is 17.4 Å². The number of aliphatic hydroxyl groups excluding tert-OH is 1. The molecular weight excluding hydrogens is 581 g/mol. The summed E-state index contributed by atoms with van der Waals surface area (Å²) in [4.78, 5) is 18.8. The van der Waals surface area contributed by atoms with Crippen molar-refractivity contribution in [2.24, 2.45) is 4.99 Å². The highest BCUT2D eigenvalue weighted by Crippen LogP contribution is 2.45. The minimum absolute atomic E-state index is 0.0489. The molecule has 3 aromatic carbocycles. The Bertz CT molecular complexity index is 1430. The number of amides is 1. The highest BCUT2D eigenvalue weighted by molar-refractivity contribution is 6.35. The van der Waals surface area contributed by atoms with Gasteiger partial charge in [-0.3, -0.25) is 10.2 Å². The molecule has 0 bridgehead atoms. The van der Waals surface area contributed by atoms with E-state index in [1.165, 1.54) is 0 Å². The Morgan fingerprint density at radius 1 is 1.10 bits per heavy atom. The summed E-state index contributed by atoms with van der Waals surface area (Å²) in [6.45, 7) is 4.59. The van der Waals surface area contributed by atoms with Gasteiger partial charge in [0.15, 0.2) is 11.6 Å². The van der Waals surface area contributed by atoms with Crippen LogP contribution in [0.5, 0.6) is 17.2 Å². The van der Waals surface area contributed by atoms with Crippen LogP contribution in [0.25, 0.3) is 0 Å². The lowest BCUT2D eigenvalue weighted by molar-refractivity contribution is -0.129. The Balaban J connectivity index is 1.64. The van der Waals surface area contributed by atoms with Crippen LogP contribution in [0.4, 0.5) is 0 Å². The molecule has 0 fully saturated rings. The van der Waals surface area contributed by atoms with E-state index in [1.807, 2.05) is 12.1 Å². The summed E-state index contributed by atoms with van der Waals surface area (Å²) in [5.41, 5.74) is 6.35. The Hall–Kier alpha value is -3.76. The fraction of sp³-hybridized carbons (Fsp3) is 0.290. The first kappa shape index (κ1) is 31.2. The van der Waals surface area contributed by atoms with Gasteiger partial charge in [-0.05, 0) is 42.5 Å². The highest BCUT2D eigenvalue weighted by Gasteiger charge is 2.53. The lowest BCUT2D eigenvalue weighted by Gasteiger charge is -2.30. The third kappa shape index (κ3) is 6.99. The molecule has 1 amide bonds. The van der Waals surface area contributed by atoms with E-state index < -0.39 is 17.6 Å². The van der Waals surface area contributed by atoms with E-state index >= 15 is 0 Å². The second-order valence-corrected chi connectivity index (χ2v) is 10.3. The molecule has 0 aliphatic carbocycles. The molecule has 1 heterocycles. The van der Waals surface area contributed by atoms with Crippen LogP contribution < -0.4 is 25.1 Å². The van der Waals surface area contributed by atoms with Crippen molar-refractivity contribution >= 4 is 35.0 Å². The largest absolute Gasteiger partial charge is 0.497 e. The molecule has 0 unspecified atom stereocenters. The second-order valence-electron chi connectivity index (χ2n) is 9.43. The van der Waals surface area contributed by atoms with Crippen LogP contribution in [-0.4, -0.2) is 49.9 Å². The van der Waals surface area contributed by atoms with Gasteiger partial charge >= 0.3 is 0 Å². The van der Waals surface area contributed by atoms with Crippen LogP contribution in [0.1, 0.15) is 35.6 Å². The molecule has 9 nitrogen and oxygen atoms in total. The van der Waals surface area contributed by atoms with Crippen LogP contribution in [0.3, 0.4) is 0 Å². The maximum Gasteiger partial charge on any atom is 0.266 e. The lowest BCUT2D eigenvalue weighted by atomic mass is 9.84. The quantitative estimate of drug-likeness (QED) is 0.126. The number of hydrazine groups is 1. The zero-order chi connectivity index (χ0) is 30.1. The number of nitrogens with zero attached hydrogens (tertiary/aromatic N) is 1. The molecule has 11 heteroatoms. The monoisotopic (exact) mass is 613 g/mol. The number of halogens is 2. The molecule has 2 atom stereocenters. The van der Waals surface area contributed by atoms with E-state index in [9.17, 15) is 4.79 Å². The number of nitrogens with one attached hydrogen (secondary N) is 2. The third-order valence-corrected chi connectivity index (χ3v) is 7.27. The molecule has 0 saturated carbocycles. The lowest BCUT2D eigenvalue weighted by Crippen LogP contribution is -2.52. The molecule has 0 spiro atoms. The molecule has 1 aliphatic rings. The van der Waals surface area contributed by atoms with Crippen molar-refractivity contribution in [1.29, 1.82) is 0 Å². The molecule has 3 aromatic rings. The molecule has 4 rings (SSSR count). The van der Waals surface area contributed by atoms with Gasteiger partial charge in [-0.1, -0.05) is 41.4 Å². The number of ether oxygens (including phenoxy) is 4. The predicted octanol–water partition coefficient (Wildman–Crippen LogP) is 5.43. The predicted molar refractivity (Wildman–Crippen MR) is 163 cm³/mol. The number of benzene rings is 3. The van der Waals surface area contributed by atoms with Gasteiger partial charge in [-0.15, -0.1) is 6.58 Å². The average molecular weight is 615 g/mol. The number of rotatable bonds is 14. The van der Waals surface area contributed by atoms with Gasteiger partial charge in [0, 0.05) is 58.8 Å². The van der Waals surface area contributed by atoms with Gasteiger partial charge in [-0.2, -0.15) is 0 Å². The first-order valence-electron chi connectivity index (χ1n) is 13.3. The molecule has 42 heavy (non-hydrogen) atoms. The standard InChI is InChI=1S/C31H33Cl2N3O6/c1-4-14-31(30(38)36-34-19-21-8-12-24(39-2)18-27(21)40-3)28(25-13-9-22(32)17-26(25)33)42-29(35-31)20-6-10-23(11-7-20)41-16-5-15-37/h4,6-13,17-18,28,34,37H,1,5,14-16,19H2,2-3H3,(H,36,38)/t28-,31-/m0/s1. The summed E-state index contributed by atoms with van der Waals surface area (Å²) in [6, 6.07) is 17.6. The zero-order valence-electron chi connectivity index (χ0n) is 23.4. The maximum absolute atomic E-state index is 14.0. The normalized spacial score (nSPS) is 17.6. The minimum Gasteiger partial charge on any atom is -0.497 e. The maximum atomic E-state index is 14.0. The molecule has 222 valence electrons. The van der Waals surface area contributed by atoms with Gasteiger partial charge < -0.3 is 24.1 Å². The summed E-state index contributed by atoms with van der Waals surface area (Å²) in [6.07, 6.45) is 1.42. The van der Waals surface area contributed by atoms with E-state index in [-0.39, 0.29) is 25.5 Å². The molecule has 1 aliphatic heterocycles. The Labute approximate surface area is 255 Å². The Morgan fingerprint density at radius 2 is 1.86 bits per heavy atom. The molecule has 0 saturated heterocycles. The summed E-state index contributed by atoms with van der Waals surface area (Å²) < 4.78 is 22.8. The Morgan fingerprint density at radius 3 is 2.52 bits per heavy atom. The molecule has 0 aromatic heterocycles. The minimum atomic E-state index is -1.44. The van der Waals surface area contributed by atoms with Gasteiger partial charge in [0.1, 0.15) is 17.2 Å². The summed E-state index contributed by atoms with van der Waals surface area (Å²) >= 11 is 12.8. The summed E-state index contributed by atoms with van der Waals surface area (Å²) in [5.74, 6) is 1.72. The highest BCUT2D eigenvalue weighted by atomic mass is 35.5. The average Bonchev–Trinajstić information content (AvgIpc) is 3.38. The van der Waals surface area contributed by atoms with E-state index in [0.29, 0.717) is 51.4 Å². The summed E-state index contributed by atoms with van der Waals surface area (Å²) in [7, 11) is 3.14. The molecule has 0 radical (unpaired) electrons. The fourth-order valence-electron chi connectivity index (χ4n) is 4.55. The van der Waals surface area contributed by atoms with Crippen LogP contribution in [0.2, 0.25) is 10.0 Å². The first-order chi connectivity index (χ1) is 20.3. The SMILES string of the molecule is C=CC[C@]1(C(=O)NNCc2ccc(OC)cc2OC)N=C(c2ccc(OCCCO)cc2)O[C@H]1c1ccc(Cl)cc1Cl. The van der Waals surface area contributed by atoms with Crippen molar-refractivity contribution in [1.82, 2.24) is 10.9 Å². The van der Waals surface area contributed by atoms with Gasteiger partial charge in [0.2, 0.25) is 5.90 Å². The van der Waals surface area contributed by atoms with Gasteiger partial charge in [0.25, 0.3) is 5.91 Å². The third-order valence-electron chi connectivity index (χ3n) is 6.71. The van der Waals surface area contributed by atoms with Gasteiger partial charge in [0.05, 0.1) is 20.8 Å². The number of hydrogen-bond acceptors (Lipinski definition) is 8. The Kier molecular flexibility index (Phi) is 10.7. The topological polar surface area (TPSA) is 111 Å². The second kappa shape index (κ2) is 14.4. The fourth-order valence-corrected chi connectivity index (χ4v) is 5.06. The summed E-state index contributed by atoms with van der Waals surface area (Å²) in [5, 5.41) is 9.79. The van der Waals surface area contributed by atoms with Crippen LogP contribution in [0.15, 0.2) is 78.3 Å².